The van der Waals surface area contributed by atoms with Crippen LogP contribution in [0.25, 0.3) is 15.9 Å². The molecule has 0 aliphatic carbocycles. The second-order valence-corrected chi connectivity index (χ2v) is 9.27. The second-order valence-electron chi connectivity index (χ2n) is 6.71. The highest BCUT2D eigenvalue weighted by Crippen LogP contribution is 2.34. The first-order valence-corrected chi connectivity index (χ1v) is 11.0. The van der Waals surface area contributed by atoms with Crippen LogP contribution in [0, 0.1) is 0 Å². The van der Waals surface area contributed by atoms with E-state index in [0.717, 1.165) is 46.7 Å². The van der Waals surface area contributed by atoms with Crippen molar-refractivity contribution in [2.45, 2.75) is 18.1 Å². The summed E-state index contributed by atoms with van der Waals surface area (Å²) in [5, 5.41) is 1.89. The van der Waals surface area contributed by atoms with Crippen molar-refractivity contribution in [1.82, 2.24) is 14.5 Å². The van der Waals surface area contributed by atoms with Gasteiger partial charge in [-0.15, -0.1) is 11.3 Å². The molecule has 0 amide bonds. The van der Waals surface area contributed by atoms with E-state index in [1.54, 1.807) is 23.0 Å². The molecule has 146 valence electrons. The van der Waals surface area contributed by atoms with Gasteiger partial charge >= 0.3 is 0 Å². The van der Waals surface area contributed by atoms with Crippen molar-refractivity contribution in [3.63, 3.8) is 0 Å². The molecule has 0 saturated carbocycles. The van der Waals surface area contributed by atoms with E-state index >= 15 is 0 Å². The summed E-state index contributed by atoms with van der Waals surface area (Å²) in [5.74, 6) is 1.23. The fourth-order valence-electron chi connectivity index (χ4n) is 3.35. The van der Waals surface area contributed by atoms with E-state index < -0.39 is 0 Å². The van der Waals surface area contributed by atoms with Gasteiger partial charge in [-0.2, -0.15) is 0 Å². The van der Waals surface area contributed by atoms with Crippen molar-refractivity contribution in [1.29, 1.82) is 0 Å². The molecule has 28 heavy (non-hydrogen) atoms. The normalized spacial score (nSPS) is 14.2. The van der Waals surface area contributed by atoms with Crippen LogP contribution in [0.2, 0.25) is 0 Å². The average Bonchev–Trinajstić information content (AvgIpc) is 3.04. The minimum atomic E-state index is -0.0279. The van der Waals surface area contributed by atoms with Gasteiger partial charge in [0.2, 0.25) is 0 Å². The molecular weight excluding hydrogens is 414 g/mol. The fourth-order valence-corrected chi connectivity index (χ4v) is 5.62. The van der Waals surface area contributed by atoms with E-state index in [2.05, 4.69) is 18.5 Å². The zero-order valence-corrected chi connectivity index (χ0v) is 18.1. The molecule has 0 unspecified atom stereocenters. The van der Waals surface area contributed by atoms with Gasteiger partial charge in [-0.25, -0.2) is 4.98 Å². The molecule has 4 rings (SSSR count). The minimum Gasteiger partial charge on any atom is -0.497 e. The Kier molecular flexibility index (Phi) is 5.51. The highest BCUT2D eigenvalue weighted by molar-refractivity contribution is 7.99. The van der Waals surface area contributed by atoms with Gasteiger partial charge in [-0.05, 0) is 43.3 Å². The van der Waals surface area contributed by atoms with Crippen LogP contribution >= 0.6 is 34.7 Å². The summed E-state index contributed by atoms with van der Waals surface area (Å²) in [6.45, 7) is 5.56. The van der Waals surface area contributed by atoms with Crippen LogP contribution in [-0.4, -0.2) is 40.9 Å². The van der Waals surface area contributed by atoms with Crippen LogP contribution < -0.4 is 10.3 Å². The third kappa shape index (κ3) is 3.59. The minimum absolute atomic E-state index is 0.0279. The molecule has 1 aliphatic rings. The molecule has 8 heteroatoms. The molecule has 1 aliphatic heterocycles. The molecule has 0 N–H and O–H groups in total. The summed E-state index contributed by atoms with van der Waals surface area (Å²) in [5.41, 5.74) is 1.88. The largest absolute Gasteiger partial charge is 0.497 e. The number of thiophene rings is 1. The number of hydrogen-bond acceptors (Lipinski definition) is 6. The Labute approximate surface area is 176 Å². The summed E-state index contributed by atoms with van der Waals surface area (Å²) < 4.78 is 6.92. The maximum atomic E-state index is 13.6. The Bertz CT molecular complexity index is 1110. The Balaban J connectivity index is 1.93. The number of fused-ring (bicyclic) bond motifs is 3. The second kappa shape index (κ2) is 7.91. The molecule has 0 radical (unpaired) electrons. The molecule has 0 fully saturated rings. The number of hydrogen-bond donors (Lipinski definition) is 0. The Morgan fingerprint density at radius 1 is 1.39 bits per heavy atom. The van der Waals surface area contributed by atoms with Gasteiger partial charge in [0.25, 0.3) is 5.56 Å². The van der Waals surface area contributed by atoms with Crippen molar-refractivity contribution in [3.8, 4) is 11.4 Å². The first kappa shape index (κ1) is 19.5. The summed E-state index contributed by atoms with van der Waals surface area (Å²) >= 11 is 9.01. The highest BCUT2D eigenvalue weighted by atomic mass is 35.5. The Hall–Kier alpha value is -1.80. The van der Waals surface area contributed by atoms with Crippen molar-refractivity contribution < 1.29 is 4.74 Å². The number of rotatable bonds is 5. The summed E-state index contributed by atoms with van der Waals surface area (Å²) in [6.07, 6.45) is 0.871. The van der Waals surface area contributed by atoms with Crippen LogP contribution in [0.4, 0.5) is 0 Å². The topological polar surface area (TPSA) is 47.4 Å². The molecule has 5 nitrogen and oxygen atoms in total. The number of thioether (sulfide) groups is 1. The van der Waals surface area contributed by atoms with Gasteiger partial charge in [0, 0.05) is 28.8 Å². The Morgan fingerprint density at radius 3 is 2.82 bits per heavy atom. The van der Waals surface area contributed by atoms with E-state index in [4.69, 9.17) is 21.3 Å². The maximum absolute atomic E-state index is 13.6. The van der Waals surface area contributed by atoms with E-state index in [1.807, 2.05) is 24.3 Å². The number of ether oxygens (including phenoxy) is 1. The number of halogens is 1. The van der Waals surface area contributed by atoms with Crippen LogP contribution in [0.5, 0.6) is 5.75 Å². The molecule has 1 aromatic carbocycles. The lowest BCUT2D eigenvalue weighted by atomic mass is 10.1. The number of benzene rings is 1. The lowest BCUT2D eigenvalue weighted by Crippen LogP contribution is -2.27. The number of methoxy groups -OCH3 is 1. The quantitative estimate of drug-likeness (QED) is 0.443. The lowest BCUT2D eigenvalue weighted by Gasteiger charge is -2.21. The summed E-state index contributed by atoms with van der Waals surface area (Å²) in [6, 6.07) is 7.44. The van der Waals surface area contributed by atoms with Gasteiger partial charge in [-0.3, -0.25) is 9.36 Å². The van der Waals surface area contributed by atoms with Crippen molar-refractivity contribution in [3.05, 3.63) is 56.7 Å². The van der Waals surface area contributed by atoms with Crippen LogP contribution in [0.15, 0.2) is 45.8 Å². The van der Waals surface area contributed by atoms with Gasteiger partial charge in [0.1, 0.15) is 10.6 Å². The third-order valence-corrected chi connectivity index (χ3v) is 7.15. The first-order valence-electron chi connectivity index (χ1n) is 8.84. The molecule has 3 aromatic rings. The first-order chi connectivity index (χ1) is 13.5. The monoisotopic (exact) mass is 433 g/mol. The predicted molar refractivity (Wildman–Crippen MR) is 118 cm³/mol. The molecule has 0 saturated heterocycles. The predicted octanol–water partition coefficient (Wildman–Crippen LogP) is 4.29. The summed E-state index contributed by atoms with van der Waals surface area (Å²) in [7, 11) is 3.72. The van der Waals surface area contributed by atoms with E-state index in [1.165, 1.54) is 16.6 Å². The number of aromatic nitrogens is 2. The molecular formula is C20H20ClN3O2S2. The highest BCUT2D eigenvalue weighted by Gasteiger charge is 2.24. The van der Waals surface area contributed by atoms with Gasteiger partial charge in [0.15, 0.2) is 5.16 Å². The fraction of sp³-hybridized carbons (Fsp3) is 0.300. The van der Waals surface area contributed by atoms with E-state index in [-0.39, 0.29) is 5.56 Å². The molecule has 0 atom stereocenters. The van der Waals surface area contributed by atoms with Crippen LogP contribution in [-0.2, 0) is 13.0 Å². The van der Waals surface area contributed by atoms with Crippen molar-refractivity contribution in [2.24, 2.45) is 0 Å². The van der Waals surface area contributed by atoms with Gasteiger partial charge in [0.05, 0.1) is 18.2 Å². The van der Waals surface area contributed by atoms with Gasteiger partial charge < -0.3 is 9.64 Å². The van der Waals surface area contributed by atoms with Crippen LogP contribution in [0.1, 0.15) is 10.4 Å². The molecule has 0 spiro atoms. The number of nitrogens with zero attached hydrogens (tertiary/aromatic N) is 3. The smallest absolute Gasteiger partial charge is 0.267 e. The molecule has 2 aromatic heterocycles. The average molecular weight is 434 g/mol. The van der Waals surface area contributed by atoms with E-state index in [9.17, 15) is 4.79 Å². The van der Waals surface area contributed by atoms with Crippen LogP contribution in [0.3, 0.4) is 0 Å². The molecule has 3 heterocycles. The lowest BCUT2D eigenvalue weighted by molar-refractivity contribution is 0.318. The van der Waals surface area contributed by atoms with E-state index in [0.29, 0.717) is 15.9 Å². The van der Waals surface area contributed by atoms with Crippen molar-refractivity contribution >= 4 is 44.9 Å². The zero-order chi connectivity index (χ0) is 19.8. The third-order valence-electron chi connectivity index (χ3n) is 4.72. The zero-order valence-electron chi connectivity index (χ0n) is 15.7. The maximum Gasteiger partial charge on any atom is 0.267 e. The summed E-state index contributed by atoms with van der Waals surface area (Å²) in [4.78, 5) is 22.7. The number of likely N-dealkylation sites (N-methyl/N-ethyl adjacent to an activating group) is 1. The Morgan fingerprint density at radius 2 is 2.14 bits per heavy atom. The van der Waals surface area contributed by atoms with Crippen molar-refractivity contribution in [2.75, 3.05) is 26.5 Å². The standard InChI is InChI=1S/C20H20ClN3O2S2/c1-12(21)11-27-20-22-18-17(15-8-9-23(2)10-16(15)28-18)19(25)24(20)13-4-6-14(26-3)7-5-13/h4-7H,1,8-11H2,2-3H3. The van der Waals surface area contributed by atoms with Gasteiger partial charge in [-0.1, -0.05) is 29.9 Å². The molecule has 0 bridgehead atoms. The SMILES string of the molecule is C=C(Cl)CSc1nc2sc3c(c2c(=O)n1-c1ccc(OC)cc1)CCN(C)C3.